The molecule has 2 unspecified atom stereocenters. The first-order chi connectivity index (χ1) is 8.58. The average Bonchev–Trinajstić information content (AvgIpc) is 3.09. The van der Waals surface area contributed by atoms with Crippen LogP contribution in [-0.4, -0.2) is 41.5 Å². The Labute approximate surface area is 113 Å². The molecular weight excluding hydrogens is 244 g/mol. The average molecular weight is 266 g/mol. The molecule has 2 heterocycles. The SMILES string of the molecule is CC1CN(c2snc(N)c2C2CC2)CC(C)N1C. The molecular formula is C13H22N4S. The van der Waals surface area contributed by atoms with E-state index in [1.54, 1.807) is 11.5 Å². The van der Waals surface area contributed by atoms with Gasteiger partial charge in [-0.15, -0.1) is 0 Å². The van der Waals surface area contributed by atoms with E-state index in [2.05, 4.69) is 35.1 Å². The summed E-state index contributed by atoms with van der Waals surface area (Å²) in [6.07, 6.45) is 2.57. The van der Waals surface area contributed by atoms with Gasteiger partial charge < -0.3 is 10.6 Å². The molecule has 0 amide bonds. The molecule has 2 atom stereocenters. The zero-order valence-corrected chi connectivity index (χ0v) is 12.2. The zero-order valence-electron chi connectivity index (χ0n) is 11.4. The van der Waals surface area contributed by atoms with Crippen LogP contribution < -0.4 is 10.6 Å². The molecule has 1 aromatic heterocycles. The van der Waals surface area contributed by atoms with Gasteiger partial charge in [-0.1, -0.05) is 0 Å². The highest BCUT2D eigenvalue weighted by molar-refractivity contribution is 7.10. The number of hydrogen-bond donors (Lipinski definition) is 1. The van der Waals surface area contributed by atoms with Crippen molar-refractivity contribution in [2.75, 3.05) is 30.8 Å². The minimum atomic E-state index is 0.587. The third kappa shape index (κ3) is 1.99. The number of anilines is 2. The van der Waals surface area contributed by atoms with Gasteiger partial charge in [0, 0.05) is 30.7 Å². The summed E-state index contributed by atoms with van der Waals surface area (Å²) in [5, 5.41) is 1.34. The van der Waals surface area contributed by atoms with Gasteiger partial charge in [-0.3, -0.25) is 4.90 Å². The first-order valence-electron chi connectivity index (χ1n) is 6.80. The molecule has 1 aliphatic carbocycles. The molecule has 2 aliphatic rings. The van der Waals surface area contributed by atoms with Gasteiger partial charge in [0.25, 0.3) is 0 Å². The number of piperazine rings is 1. The second-order valence-electron chi connectivity index (χ2n) is 5.83. The normalized spacial score (nSPS) is 29.8. The summed E-state index contributed by atoms with van der Waals surface area (Å²) in [4.78, 5) is 4.95. The lowest BCUT2D eigenvalue weighted by Gasteiger charge is -2.43. The smallest absolute Gasteiger partial charge is 0.142 e. The number of nitrogens with two attached hydrogens (primary N) is 1. The fraction of sp³-hybridized carbons (Fsp3) is 0.769. The Hall–Kier alpha value is -0.810. The van der Waals surface area contributed by atoms with Gasteiger partial charge >= 0.3 is 0 Å². The Bertz CT molecular complexity index is 428. The molecule has 3 rings (SSSR count). The first kappa shape index (κ1) is 12.2. The number of nitrogens with zero attached hydrogens (tertiary/aromatic N) is 3. The van der Waals surface area contributed by atoms with Crippen LogP contribution in [0.4, 0.5) is 10.8 Å². The molecule has 0 spiro atoms. The number of hydrogen-bond acceptors (Lipinski definition) is 5. The van der Waals surface area contributed by atoms with Crippen molar-refractivity contribution in [1.29, 1.82) is 0 Å². The molecule has 2 fully saturated rings. The first-order valence-corrected chi connectivity index (χ1v) is 7.57. The Morgan fingerprint density at radius 1 is 1.22 bits per heavy atom. The summed E-state index contributed by atoms with van der Waals surface area (Å²) in [5.74, 6) is 1.46. The second kappa shape index (κ2) is 4.38. The molecule has 1 aliphatic heterocycles. The maximum absolute atomic E-state index is 6.05. The minimum absolute atomic E-state index is 0.587. The van der Waals surface area contributed by atoms with E-state index in [-0.39, 0.29) is 0 Å². The van der Waals surface area contributed by atoms with Crippen LogP contribution in [0.15, 0.2) is 0 Å². The van der Waals surface area contributed by atoms with Crippen molar-refractivity contribution in [3.8, 4) is 0 Å². The predicted octanol–water partition coefficient (Wildman–Crippen LogP) is 2.13. The molecule has 18 heavy (non-hydrogen) atoms. The molecule has 0 bridgehead atoms. The van der Waals surface area contributed by atoms with E-state index in [1.807, 2.05) is 0 Å². The molecule has 2 N–H and O–H groups in total. The van der Waals surface area contributed by atoms with Crippen molar-refractivity contribution >= 4 is 22.4 Å². The highest BCUT2D eigenvalue weighted by atomic mass is 32.1. The molecule has 0 radical (unpaired) electrons. The van der Waals surface area contributed by atoms with E-state index in [9.17, 15) is 0 Å². The summed E-state index contributed by atoms with van der Waals surface area (Å²) < 4.78 is 4.39. The highest BCUT2D eigenvalue weighted by Crippen LogP contribution is 2.49. The van der Waals surface area contributed by atoms with Gasteiger partial charge in [0.05, 0.1) is 0 Å². The standard InChI is InChI=1S/C13H22N4S/c1-8-6-17(7-9(2)16(8)3)13-11(10-4-5-10)12(14)15-18-13/h8-10H,4-7H2,1-3H3,(H2,14,15). The lowest BCUT2D eigenvalue weighted by Crippen LogP contribution is -2.55. The van der Waals surface area contributed by atoms with Gasteiger partial charge in [0.2, 0.25) is 0 Å². The van der Waals surface area contributed by atoms with Crippen molar-refractivity contribution < 1.29 is 0 Å². The highest BCUT2D eigenvalue weighted by Gasteiger charge is 2.35. The second-order valence-corrected chi connectivity index (χ2v) is 6.58. The molecule has 0 aromatic carbocycles. The van der Waals surface area contributed by atoms with Gasteiger partial charge in [-0.25, -0.2) is 0 Å². The Morgan fingerprint density at radius 3 is 2.39 bits per heavy atom. The molecule has 1 aromatic rings. The van der Waals surface area contributed by atoms with Crippen LogP contribution in [0, 0.1) is 0 Å². The molecule has 4 nitrogen and oxygen atoms in total. The Morgan fingerprint density at radius 2 is 1.83 bits per heavy atom. The topological polar surface area (TPSA) is 45.4 Å². The number of likely N-dealkylation sites (N-methyl/N-ethyl adjacent to an activating group) is 1. The third-order valence-electron chi connectivity index (χ3n) is 4.37. The largest absolute Gasteiger partial charge is 0.383 e. The lowest BCUT2D eigenvalue weighted by atomic mass is 10.1. The summed E-state index contributed by atoms with van der Waals surface area (Å²) in [7, 11) is 2.22. The molecule has 1 saturated heterocycles. The van der Waals surface area contributed by atoms with Gasteiger partial charge in [-0.05, 0) is 51.2 Å². The van der Waals surface area contributed by atoms with E-state index in [1.165, 1.54) is 23.4 Å². The summed E-state index contributed by atoms with van der Waals surface area (Å²) in [6.45, 7) is 6.76. The van der Waals surface area contributed by atoms with Gasteiger partial charge in [-0.2, -0.15) is 4.37 Å². The van der Waals surface area contributed by atoms with Crippen molar-refractivity contribution in [3.63, 3.8) is 0 Å². The summed E-state index contributed by atoms with van der Waals surface area (Å²) >= 11 is 1.59. The van der Waals surface area contributed by atoms with Gasteiger partial charge in [0.1, 0.15) is 10.8 Å². The fourth-order valence-electron chi connectivity index (χ4n) is 2.85. The van der Waals surface area contributed by atoms with Crippen molar-refractivity contribution in [1.82, 2.24) is 9.27 Å². The van der Waals surface area contributed by atoms with E-state index in [0.29, 0.717) is 18.0 Å². The number of nitrogen functional groups attached to an aromatic ring is 1. The lowest BCUT2D eigenvalue weighted by molar-refractivity contribution is 0.170. The van der Waals surface area contributed by atoms with Gasteiger partial charge in [0.15, 0.2) is 0 Å². The maximum atomic E-state index is 6.05. The van der Waals surface area contributed by atoms with Crippen molar-refractivity contribution in [2.24, 2.45) is 0 Å². The zero-order chi connectivity index (χ0) is 12.9. The quantitative estimate of drug-likeness (QED) is 0.891. The van der Waals surface area contributed by atoms with E-state index in [0.717, 1.165) is 18.9 Å². The van der Waals surface area contributed by atoms with Crippen molar-refractivity contribution in [2.45, 2.75) is 44.7 Å². The fourth-order valence-corrected chi connectivity index (χ4v) is 3.77. The van der Waals surface area contributed by atoms with E-state index in [4.69, 9.17) is 5.73 Å². The molecule has 100 valence electrons. The summed E-state index contributed by atoms with van der Waals surface area (Å²) in [5.41, 5.74) is 7.38. The van der Waals surface area contributed by atoms with Crippen LogP contribution in [0.25, 0.3) is 0 Å². The van der Waals surface area contributed by atoms with Crippen LogP contribution >= 0.6 is 11.5 Å². The maximum Gasteiger partial charge on any atom is 0.142 e. The number of aromatic nitrogens is 1. The Kier molecular flexibility index (Phi) is 2.98. The molecule has 5 heteroatoms. The molecule has 1 saturated carbocycles. The third-order valence-corrected chi connectivity index (χ3v) is 5.31. The van der Waals surface area contributed by atoms with Crippen LogP contribution in [0.5, 0.6) is 0 Å². The minimum Gasteiger partial charge on any atom is -0.383 e. The predicted molar refractivity (Wildman–Crippen MR) is 77.4 cm³/mol. The Balaban J connectivity index is 1.86. The van der Waals surface area contributed by atoms with Crippen LogP contribution in [0.1, 0.15) is 38.2 Å². The van der Waals surface area contributed by atoms with E-state index < -0.39 is 0 Å². The number of rotatable bonds is 2. The van der Waals surface area contributed by atoms with Crippen LogP contribution in [-0.2, 0) is 0 Å². The van der Waals surface area contributed by atoms with E-state index >= 15 is 0 Å². The summed E-state index contributed by atoms with van der Waals surface area (Å²) in [6, 6.07) is 1.17. The van der Waals surface area contributed by atoms with Crippen LogP contribution in [0.3, 0.4) is 0 Å². The van der Waals surface area contributed by atoms with Crippen molar-refractivity contribution in [3.05, 3.63) is 5.56 Å². The van der Waals surface area contributed by atoms with Crippen LogP contribution in [0.2, 0.25) is 0 Å². The monoisotopic (exact) mass is 266 g/mol.